The van der Waals surface area contributed by atoms with Crippen LogP contribution in [0.15, 0.2) is 46.2 Å². The summed E-state index contributed by atoms with van der Waals surface area (Å²) in [4.78, 5) is 12.8. The van der Waals surface area contributed by atoms with Gasteiger partial charge in [0.2, 0.25) is 5.89 Å². The van der Waals surface area contributed by atoms with E-state index in [1.807, 2.05) is 17.5 Å². The minimum atomic E-state index is -4.50. The molecule has 0 aliphatic rings. The number of halogens is 3. The number of rotatable bonds is 4. The van der Waals surface area contributed by atoms with Crippen LogP contribution in [0.4, 0.5) is 13.2 Å². The van der Waals surface area contributed by atoms with Crippen LogP contribution >= 0.6 is 11.3 Å². The minimum Gasteiger partial charge on any atom is -0.418 e. The highest BCUT2D eigenvalue weighted by Gasteiger charge is 2.30. The Morgan fingerprint density at radius 3 is 2.75 bits per heavy atom. The molecule has 0 atom stereocenters. The molecule has 0 radical (unpaired) electrons. The Bertz CT molecular complexity index is 844. The standard InChI is InChI=1S/C15H10F3N3O2S/c16-15(17,18)10-4-1-3-9(7-10)13(22)19-8-12-20-21-14(23-12)11-5-2-6-24-11/h1-7H,8H2,(H,19,22). The van der Waals surface area contributed by atoms with Crippen LogP contribution in [0.25, 0.3) is 10.8 Å². The van der Waals surface area contributed by atoms with Crippen LogP contribution in [0.1, 0.15) is 21.8 Å². The number of amides is 1. The van der Waals surface area contributed by atoms with Crippen molar-refractivity contribution in [2.75, 3.05) is 0 Å². The average Bonchev–Trinajstić information content (AvgIpc) is 3.23. The van der Waals surface area contributed by atoms with Gasteiger partial charge in [0, 0.05) is 5.56 Å². The van der Waals surface area contributed by atoms with E-state index in [0.29, 0.717) is 5.89 Å². The molecule has 124 valence electrons. The van der Waals surface area contributed by atoms with Gasteiger partial charge in [-0.15, -0.1) is 21.5 Å². The first-order valence-corrected chi connectivity index (χ1v) is 7.63. The third kappa shape index (κ3) is 3.62. The van der Waals surface area contributed by atoms with Crippen molar-refractivity contribution in [3.05, 3.63) is 58.8 Å². The zero-order chi connectivity index (χ0) is 17.2. The maximum absolute atomic E-state index is 12.7. The van der Waals surface area contributed by atoms with E-state index >= 15 is 0 Å². The fraction of sp³-hybridized carbons (Fsp3) is 0.133. The van der Waals surface area contributed by atoms with Crippen molar-refractivity contribution in [1.29, 1.82) is 0 Å². The highest BCUT2D eigenvalue weighted by Crippen LogP contribution is 2.29. The van der Waals surface area contributed by atoms with Crippen LogP contribution in [0, 0.1) is 0 Å². The summed E-state index contributed by atoms with van der Waals surface area (Å²) in [5.41, 5.74) is -0.976. The maximum Gasteiger partial charge on any atom is 0.416 e. The zero-order valence-corrected chi connectivity index (χ0v) is 12.8. The van der Waals surface area contributed by atoms with Crippen molar-refractivity contribution in [3.63, 3.8) is 0 Å². The van der Waals surface area contributed by atoms with Gasteiger partial charge in [0.05, 0.1) is 17.0 Å². The summed E-state index contributed by atoms with van der Waals surface area (Å²) in [7, 11) is 0. The molecular weight excluding hydrogens is 343 g/mol. The Morgan fingerprint density at radius 1 is 1.21 bits per heavy atom. The van der Waals surface area contributed by atoms with Gasteiger partial charge in [-0.3, -0.25) is 4.79 Å². The van der Waals surface area contributed by atoms with Gasteiger partial charge < -0.3 is 9.73 Å². The second-order valence-electron chi connectivity index (χ2n) is 4.74. The Balaban J connectivity index is 1.66. The Labute approximate surface area is 138 Å². The lowest BCUT2D eigenvalue weighted by atomic mass is 10.1. The number of nitrogens with one attached hydrogen (secondary N) is 1. The lowest BCUT2D eigenvalue weighted by molar-refractivity contribution is -0.137. The number of thiophene rings is 1. The van der Waals surface area contributed by atoms with Crippen molar-refractivity contribution in [2.45, 2.75) is 12.7 Å². The van der Waals surface area contributed by atoms with Crippen LogP contribution in [0.2, 0.25) is 0 Å². The van der Waals surface area contributed by atoms with E-state index in [9.17, 15) is 18.0 Å². The van der Waals surface area contributed by atoms with Crippen molar-refractivity contribution >= 4 is 17.2 Å². The first-order chi connectivity index (χ1) is 11.4. The summed E-state index contributed by atoms with van der Waals surface area (Å²) in [6, 6.07) is 7.82. The van der Waals surface area contributed by atoms with Crippen LogP contribution in [-0.2, 0) is 12.7 Å². The smallest absolute Gasteiger partial charge is 0.416 e. The first kappa shape index (κ1) is 16.2. The number of carbonyl (C=O) groups is 1. The number of hydrogen-bond acceptors (Lipinski definition) is 5. The van der Waals surface area contributed by atoms with Gasteiger partial charge in [0.25, 0.3) is 11.8 Å². The second kappa shape index (κ2) is 6.44. The number of benzene rings is 1. The molecule has 3 aromatic rings. The van der Waals surface area contributed by atoms with Crippen molar-refractivity contribution in [3.8, 4) is 10.8 Å². The normalized spacial score (nSPS) is 11.5. The van der Waals surface area contributed by atoms with Gasteiger partial charge in [-0.25, -0.2) is 0 Å². The van der Waals surface area contributed by atoms with E-state index in [4.69, 9.17) is 4.42 Å². The predicted octanol–water partition coefficient (Wildman–Crippen LogP) is 3.75. The number of hydrogen-bond donors (Lipinski definition) is 1. The molecule has 5 nitrogen and oxygen atoms in total. The molecule has 0 unspecified atom stereocenters. The van der Waals surface area contributed by atoms with E-state index in [-0.39, 0.29) is 18.0 Å². The van der Waals surface area contributed by atoms with Gasteiger partial charge in [-0.2, -0.15) is 13.2 Å². The maximum atomic E-state index is 12.7. The van der Waals surface area contributed by atoms with E-state index in [2.05, 4.69) is 15.5 Å². The van der Waals surface area contributed by atoms with Crippen LogP contribution < -0.4 is 5.32 Å². The van der Waals surface area contributed by atoms with E-state index in [1.165, 1.54) is 23.5 Å². The van der Waals surface area contributed by atoms with E-state index < -0.39 is 17.6 Å². The molecule has 24 heavy (non-hydrogen) atoms. The summed E-state index contributed by atoms with van der Waals surface area (Å²) in [6.45, 7) is -0.0759. The molecule has 0 bridgehead atoms. The molecular formula is C15H10F3N3O2S. The summed E-state index contributed by atoms with van der Waals surface area (Å²) >= 11 is 1.42. The highest BCUT2D eigenvalue weighted by molar-refractivity contribution is 7.13. The highest BCUT2D eigenvalue weighted by atomic mass is 32.1. The summed E-state index contributed by atoms with van der Waals surface area (Å²) in [5.74, 6) is -0.163. The summed E-state index contributed by atoms with van der Waals surface area (Å²) < 4.78 is 43.4. The molecule has 2 heterocycles. The number of nitrogens with zero attached hydrogens (tertiary/aromatic N) is 2. The Kier molecular flexibility index (Phi) is 4.34. The SMILES string of the molecule is O=C(NCc1nnc(-c2cccs2)o1)c1cccc(C(F)(F)F)c1. The van der Waals surface area contributed by atoms with E-state index in [0.717, 1.165) is 17.0 Å². The second-order valence-corrected chi connectivity index (χ2v) is 5.69. The van der Waals surface area contributed by atoms with Gasteiger partial charge in [-0.05, 0) is 29.6 Å². The molecule has 2 aromatic heterocycles. The van der Waals surface area contributed by atoms with Crippen molar-refractivity contribution < 1.29 is 22.4 Å². The molecule has 0 saturated carbocycles. The van der Waals surface area contributed by atoms with Crippen LogP contribution in [-0.4, -0.2) is 16.1 Å². The number of aromatic nitrogens is 2. The van der Waals surface area contributed by atoms with Gasteiger partial charge in [0.15, 0.2) is 0 Å². The molecule has 0 aliphatic carbocycles. The topological polar surface area (TPSA) is 68.0 Å². The molecule has 0 fully saturated rings. The Hall–Kier alpha value is -2.68. The first-order valence-electron chi connectivity index (χ1n) is 6.75. The molecule has 1 aromatic carbocycles. The number of carbonyl (C=O) groups excluding carboxylic acids is 1. The molecule has 3 rings (SSSR count). The van der Waals surface area contributed by atoms with E-state index in [1.54, 1.807) is 0 Å². The van der Waals surface area contributed by atoms with Gasteiger partial charge in [0.1, 0.15) is 0 Å². The monoisotopic (exact) mass is 353 g/mol. The number of alkyl halides is 3. The summed E-state index contributed by atoms with van der Waals surface area (Å²) in [6.07, 6.45) is -4.50. The van der Waals surface area contributed by atoms with Gasteiger partial charge >= 0.3 is 6.18 Å². The molecule has 1 N–H and O–H groups in total. The quantitative estimate of drug-likeness (QED) is 0.776. The molecule has 1 amide bonds. The molecule has 0 saturated heterocycles. The van der Waals surface area contributed by atoms with Crippen molar-refractivity contribution in [2.24, 2.45) is 0 Å². The lowest BCUT2D eigenvalue weighted by Crippen LogP contribution is -2.23. The molecule has 0 aliphatic heterocycles. The fourth-order valence-electron chi connectivity index (χ4n) is 1.92. The molecule has 0 spiro atoms. The van der Waals surface area contributed by atoms with Crippen molar-refractivity contribution in [1.82, 2.24) is 15.5 Å². The lowest BCUT2D eigenvalue weighted by Gasteiger charge is -2.08. The average molecular weight is 353 g/mol. The van der Waals surface area contributed by atoms with Crippen LogP contribution in [0.5, 0.6) is 0 Å². The zero-order valence-electron chi connectivity index (χ0n) is 12.0. The van der Waals surface area contributed by atoms with Gasteiger partial charge in [-0.1, -0.05) is 12.1 Å². The molecule has 9 heteroatoms. The minimum absolute atomic E-state index is 0.0759. The Morgan fingerprint density at radius 2 is 2.04 bits per heavy atom. The fourth-order valence-corrected chi connectivity index (χ4v) is 2.56. The third-order valence-electron chi connectivity index (χ3n) is 3.05. The largest absolute Gasteiger partial charge is 0.418 e. The predicted molar refractivity (Wildman–Crippen MR) is 80.2 cm³/mol. The van der Waals surface area contributed by atoms with Crippen LogP contribution in [0.3, 0.4) is 0 Å². The summed E-state index contributed by atoms with van der Waals surface area (Å²) in [5, 5.41) is 11.9. The third-order valence-corrected chi connectivity index (χ3v) is 3.91.